The fraction of sp³-hybridized carbons (Fsp3) is 0.0833. The average molecular weight is 354 g/mol. The van der Waals surface area contributed by atoms with Crippen molar-refractivity contribution in [1.82, 2.24) is 0 Å². The Morgan fingerprint density at radius 1 is 0.889 bits per heavy atom. The molecule has 0 aromatic heterocycles. The second-order valence-corrected chi connectivity index (χ2v) is 6.67. The van der Waals surface area contributed by atoms with Crippen LogP contribution < -0.4 is 0 Å². The third-order valence-corrected chi connectivity index (χ3v) is 5.05. The maximum Gasteiger partial charge on any atom is 0.339 e. The van der Waals surface area contributed by atoms with Crippen molar-refractivity contribution in [3.63, 3.8) is 0 Å². The molecule has 0 atom stereocenters. The third-order valence-electron chi connectivity index (χ3n) is 5.05. The van der Waals surface area contributed by atoms with Gasteiger partial charge >= 0.3 is 5.97 Å². The van der Waals surface area contributed by atoms with Crippen molar-refractivity contribution in [2.75, 3.05) is 0 Å². The molecule has 3 aromatic rings. The van der Waals surface area contributed by atoms with Crippen LogP contribution in [0, 0.1) is 0 Å². The number of fused-ring (bicyclic) bond motifs is 2. The maximum absolute atomic E-state index is 12.9. The molecule has 3 aromatic carbocycles. The van der Waals surface area contributed by atoms with E-state index in [0.29, 0.717) is 27.8 Å². The first kappa shape index (κ1) is 17.0. The molecule has 3 heteroatoms. The number of hydrogen-bond donors (Lipinski definition) is 0. The van der Waals surface area contributed by atoms with Gasteiger partial charge in [0.05, 0.1) is 5.56 Å². The van der Waals surface area contributed by atoms with Crippen molar-refractivity contribution in [2.45, 2.75) is 12.5 Å². The summed E-state index contributed by atoms with van der Waals surface area (Å²) in [5.41, 5.74) is 2.86. The van der Waals surface area contributed by atoms with Crippen LogP contribution in [0.3, 0.4) is 0 Å². The maximum atomic E-state index is 12.9. The van der Waals surface area contributed by atoms with Crippen LogP contribution in [-0.2, 0) is 10.3 Å². The van der Waals surface area contributed by atoms with Crippen LogP contribution in [0.2, 0.25) is 0 Å². The summed E-state index contributed by atoms with van der Waals surface area (Å²) >= 11 is 0. The number of benzene rings is 3. The van der Waals surface area contributed by atoms with Crippen LogP contribution in [0.5, 0.6) is 0 Å². The number of carbonyl (C=O) groups is 2. The topological polar surface area (TPSA) is 43.4 Å². The predicted octanol–water partition coefficient (Wildman–Crippen LogP) is 4.99. The van der Waals surface area contributed by atoms with E-state index in [4.69, 9.17) is 4.74 Å². The molecule has 27 heavy (non-hydrogen) atoms. The first-order valence-electron chi connectivity index (χ1n) is 8.74. The Morgan fingerprint density at radius 2 is 1.41 bits per heavy atom. The molecule has 1 aliphatic rings. The van der Waals surface area contributed by atoms with Gasteiger partial charge in [-0.15, -0.1) is 0 Å². The molecule has 0 spiro atoms. The molecular formula is C24H18O3. The summed E-state index contributed by atoms with van der Waals surface area (Å²) < 4.78 is 6.02. The summed E-state index contributed by atoms with van der Waals surface area (Å²) in [6.45, 7) is 5.56. The molecule has 0 aliphatic heterocycles. The fourth-order valence-corrected chi connectivity index (χ4v) is 3.59. The van der Waals surface area contributed by atoms with Crippen LogP contribution in [0.4, 0.5) is 0 Å². The highest BCUT2D eigenvalue weighted by atomic mass is 16.6. The lowest BCUT2D eigenvalue weighted by atomic mass is 9.75. The Morgan fingerprint density at radius 3 is 1.93 bits per heavy atom. The first-order valence-corrected chi connectivity index (χ1v) is 8.74. The second kappa shape index (κ2) is 6.36. The second-order valence-electron chi connectivity index (χ2n) is 6.67. The first-order chi connectivity index (χ1) is 13.0. The zero-order chi connectivity index (χ0) is 19.0. The molecule has 4 rings (SSSR count). The van der Waals surface area contributed by atoms with Crippen molar-refractivity contribution in [3.8, 4) is 0 Å². The lowest BCUT2D eigenvalue weighted by Crippen LogP contribution is -2.37. The molecule has 132 valence electrons. The average Bonchev–Trinajstić information content (AvgIpc) is 2.72. The highest BCUT2D eigenvalue weighted by molar-refractivity contribution is 6.13. The highest BCUT2D eigenvalue weighted by Crippen LogP contribution is 2.42. The van der Waals surface area contributed by atoms with E-state index in [1.807, 2.05) is 55.5 Å². The Balaban J connectivity index is 1.81. The van der Waals surface area contributed by atoms with E-state index in [0.717, 1.165) is 5.56 Å². The Hall–Kier alpha value is -3.46. The zero-order valence-corrected chi connectivity index (χ0v) is 14.9. The van der Waals surface area contributed by atoms with Crippen LogP contribution in [0.1, 0.15) is 49.9 Å². The molecule has 0 N–H and O–H groups in total. The largest absolute Gasteiger partial charge is 0.446 e. The molecule has 0 fully saturated rings. The van der Waals surface area contributed by atoms with Gasteiger partial charge in [-0.25, -0.2) is 4.79 Å². The van der Waals surface area contributed by atoms with Gasteiger partial charge in [0.2, 0.25) is 0 Å². The monoisotopic (exact) mass is 354 g/mol. The van der Waals surface area contributed by atoms with Gasteiger partial charge in [0, 0.05) is 22.3 Å². The van der Waals surface area contributed by atoms with E-state index < -0.39 is 11.6 Å². The number of ether oxygens (including phenoxy) is 1. The van der Waals surface area contributed by atoms with Crippen LogP contribution >= 0.6 is 0 Å². The molecule has 3 nitrogen and oxygen atoms in total. The van der Waals surface area contributed by atoms with E-state index in [1.54, 1.807) is 30.3 Å². The lowest BCUT2D eigenvalue weighted by Gasteiger charge is -2.36. The molecule has 0 bridgehead atoms. The van der Waals surface area contributed by atoms with Gasteiger partial charge < -0.3 is 4.74 Å². The molecule has 0 saturated heterocycles. The van der Waals surface area contributed by atoms with Gasteiger partial charge in [0.25, 0.3) is 0 Å². The fourth-order valence-electron chi connectivity index (χ4n) is 3.59. The van der Waals surface area contributed by atoms with E-state index in [-0.39, 0.29) is 5.78 Å². The van der Waals surface area contributed by atoms with Crippen molar-refractivity contribution < 1.29 is 14.3 Å². The minimum atomic E-state index is -1.05. The molecule has 0 amide bonds. The molecular weight excluding hydrogens is 336 g/mol. The van der Waals surface area contributed by atoms with Gasteiger partial charge in [-0.05, 0) is 24.6 Å². The van der Waals surface area contributed by atoms with Gasteiger partial charge in [0.1, 0.15) is 0 Å². The zero-order valence-electron chi connectivity index (χ0n) is 14.9. The minimum absolute atomic E-state index is 0.0509. The van der Waals surface area contributed by atoms with E-state index in [1.165, 1.54) is 0 Å². The van der Waals surface area contributed by atoms with Crippen LogP contribution in [0.25, 0.3) is 6.08 Å². The van der Waals surface area contributed by atoms with E-state index in [2.05, 4.69) is 6.58 Å². The summed E-state index contributed by atoms with van der Waals surface area (Å²) in [4.78, 5) is 25.8. The summed E-state index contributed by atoms with van der Waals surface area (Å²) in [6.07, 6.45) is 1.72. The van der Waals surface area contributed by atoms with Gasteiger partial charge in [-0.2, -0.15) is 0 Å². The quantitative estimate of drug-likeness (QED) is 0.622. The number of ketones is 1. The standard InChI is InChI=1S/C24H18O3/c1-3-16-12-14-17(15-13-16)23(26)27-24(2)20-10-6-4-8-18(20)22(25)19-9-5-7-11-21(19)24/h3-15H,1H2,2H3. The van der Waals surface area contributed by atoms with Crippen molar-refractivity contribution >= 4 is 17.8 Å². The minimum Gasteiger partial charge on any atom is -0.446 e. The lowest BCUT2D eigenvalue weighted by molar-refractivity contribution is 0.00479. The number of esters is 1. The molecule has 1 aliphatic carbocycles. The van der Waals surface area contributed by atoms with Gasteiger partial charge in [-0.1, -0.05) is 73.3 Å². The van der Waals surface area contributed by atoms with Gasteiger partial charge in [0.15, 0.2) is 11.4 Å². The van der Waals surface area contributed by atoms with E-state index in [9.17, 15) is 9.59 Å². The normalized spacial score (nSPS) is 14.0. The molecule has 0 radical (unpaired) electrons. The highest BCUT2D eigenvalue weighted by Gasteiger charge is 2.43. The Kier molecular flexibility index (Phi) is 4.00. The summed E-state index contributed by atoms with van der Waals surface area (Å²) in [6, 6.07) is 21.7. The SMILES string of the molecule is C=Cc1ccc(C(=O)OC2(C)c3ccccc3C(=O)c3ccccc32)cc1. The molecule has 0 heterocycles. The molecule has 0 saturated carbocycles. The summed E-state index contributed by atoms with van der Waals surface area (Å²) in [5, 5.41) is 0. The van der Waals surface area contributed by atoms with Crippen LogP contribution in [-0.4, -0.2) is 11.8 Å². The predicted molar refractivity (Wildman–Crippen MR) is 105 cm³/mol. The Bertz CT molecular complexity index is 1010. The van der Waals surface area contributed by atoms with E-state index >= 15 is 0 Å². The summed E-state index contributed by atoms with van der Waals surface area (Å²) in [7, 11) is 0. The Labute approximate surface area is 157 Å². The van der Waals surface area contributed by atoms with Crippen molar-refractivity contribution in [2.24, 2.45) is 0 Å². The number of rotatable bonds is 3. The van der Waals surface area contributed by atoms with Crippen molar-refractivity contribution in [1.29, 1.82) is 0 Å². The number of hydrogen-bond acceptors (Lipinski definition) is 3. The molecule has 0 unspecified atom stereocenters. The van der Waals surface area contributed by atoms with Crippen molar-refractivity contribution in [3.05, 3.63) is 113 Å². The summed E-state index contributed by atoms with van der Waals surface area (Å²) in [5.74, 6) is -0.489. The third kappa shape index (κ3) is 2.68. The smallest absolute Gasteiger partial charge is 0.339 e. The number of carbonyl (C=O) groups excluding carboxylic acids is 2. The van der Waals surface area contributed by atoms with Gasteiger partial charge in [-0.3, -0.25) is 4.79 Å². The van der Waals surface area contributed by atoms with Crippen LogP contribution in [0.15, 0.2) is 79.4 Å².